The maximum atomic E-state index is 14.8. The molecule has 1 unspecified atom stereocenters. The Balaban J connectivity index is 1.21. The molecule has 10 heteroatoms. The van der Waals surface area contributed by atoms with Gasteiger partial charge >= 0.3 is 5.97 Å². The first kappa shape index (κ1) is 27.8. The van der Waals surface area contributed by atoms with Crippen LogP contribution >= 0.6 is 0 Å². The second-order valence-electron chi connectivity index (χ2n) is 8.56. The van der Waals surface area contributed by atoms with Crippen LogP contribution in [0, 0.1) is 5.82 Å². The Labute approximate surface area is 221 Å². The number of pyridine rings is 2. The molecule has 0 aliphatic carbocycles. The van der Waals surface area contributed by atoms with E-state index >= 15 is 0 Å². The van der Waals surface area contributed by atoms with Gasteiger partial charge in [0.1, 0.15) is 12.3 Å². The standard InChI is InChI=1S/C28H33FN2O7/c1-2-35-28(32)24-8-6-21-18-30-19-22(27(21)31-24)20-7-9-25(23(29)17-20)36-15-13-33-11-12-34-14-16-38-26-5-3-4-10-37-26/h6-9,17-19,26H,2-5,10-16H2,1H3. The molecule has 1 fully saturated rings. The molecule has 4 rings (SSSR count). The minimum atomic E-state index is -0.522. The Morgan fingerprint density at radius 1 is 1.03 bits per heavy atom. The third-order valence-electron chi connectivity index (χ3n) is 5.85. The number of esters is 1. The highest BCUT2D eigenvalue weighted by Gasteiger charge is 2.15. The smallest absolute Gasteiger partial charge is 0.356 e. The molecule has 2 aromatic heterocycles. The number of fused-ring (bicyclic) bond motifs is 1. The van der Waals surface area contributed by atoms with Gasteiger partial charge in [0, 0.05) is 30.0 Å². The highest BCUT2D eigenvalue weighted by molar-refractivity contribution is 5.96. The van der Waals surface area contributed by atoms with Gasteiger partial charge in [-0.25, -0.2) is 14.2 Å². The van der Waals surface area contributed by atoms with Crippen LogP contribution < -0.4 is 4.74 Å². The van der Waals surface area contributed by atoms with Crippen LogP contribution in [0.2, 0.25) is 0 Å². The number of hydrogen-bond acceptors (Lipinski definition) is 9. The zero-order valence-corrected chi connectivity index (χ0v) is 21.5. The molecule has 1 aromatic carbocycles. The van der Waals surface area contributed by atoms with E-state index in [1.807, 2.05) is 0 Å². The summed E-state index contributed by atoms with van der Waals surface area (Å²) in [6, 6.07) is 7.96. The molecular formula is C28H33FN2O7. The fraction of sp³-hybridized carbons (Fsp3) is 0.464. The van der Waals surface area contributed by atoms with Gasteiger partial charge in [0.05, 0.1) is 45.2 Å². The maximum absolute atomic E-state index is 14.8. The summed E-state index contributed by atoms with van der Waals surface area (Å²) < 4.78 is 47.5. The number of rotatable bonds is 14. The third kappa shape index (κ3) is 7.91. The lowest BCUT2D eigenvalue weighted by Gasteiger charge is -2.22. The minimum Gasteiger partial charge on any atom is -0.488 e. The molecule has 0 radical (unpaired) electrons. The SMILES string of the molecule is CCOC(=O)c1ccc2cncc(-c3ccc(OCCOCCOCCOC4CCCCO4)c(F)c3)c2n1. The molecule has 0 spiro atoms. The van der Waals surface area contributed by atoms with Crippen LogP contribution in [0.5, 0.6) is 5.75 Å². The summed E-state index contributed by atoms with van der Waals surface area (Å²) in [5, 5.41) is 0.725. The van der Waals surface area contributed by atoms with Crippen molar-refractivity contribution in [1.29, 1.82) is 0 Å². The van der Waals surface area contributed by atoms with Crippen LogP contribution in [0.15, 0.2) is 42.7 Å². The van der Waals surface area contributed by atoms with Crippen molar-refractivity contribution in [3.05, 3.63) is 54.2 Å². The van der Waals surface area contributed by atoms with E-state index in [-0.39, 0.29) is 30.9 Å². The number of halogens is 1. The molecule has 9 nitrogen and oxygen atoms in total. The summed E-state index contributed by atoms with van der Waals surface area (Å²) in [6.07, 6.45) is 6.28. The van der Waals surface area contributed by atoms with Crippen molar-refractivity contribution in [2.75, 3.05) is 52.9 Å². The van der Waals surface area contributed by atoms with Gasteiger partial charge in [0.25, 0.3) is 0 Å². The normalized spacial score (nSPS) is 15.5. The quantitative estimate of drug-likeness (QED) is 0.220. The Morgan fingerprint density at radius 3 is 2.61 bits per heavy atom. The zero-order chi connectivity index (χ0) is 26.6. The predicted molar refractivity (Wildman–Crippen MR) is 138 cm³/mol. The molecular weight excluding hydrogens is 495 g/mol. The Hall–Kier alpha value is -3.18. The van der Waals surface area contributed by atoms with E-state index in [1.165, 1.54) is 6.07 Å². The number of ether oxygens (including phenoxy) is 6. The Kier molecular flexibility index (Phi) is 10.8. The van der Waals surface area contributed by atoms with Gasteiger partial charge in [-0.1, -0.05) is 6.07 Å². The predicted octanol–water partition coefficient (Wildman–Crippen LogP) is 4.57. The fourth-order valence-corrected chi connectivity index (χ4v) is 3.97. The summed E-state index contributed by atoms with van der Waals surface area (Å²) in [7, 11) is 0. The second kappa shape index (κ2) is 14.7. The van der Waals surface area contributed by atoms with Gasteiger partial charge in [-0.3, -0.25) is 4.98 Å². The molecule has 0 bridgehead atoms. The topological polar surface area (TPSA) is 98.2 Å². The van der Waals surface area contributed by atoms with Crippen molar-refractivity contribution in [2.24, 2.45) is 0 Å². The van der Waals surface area contributed by atoms with Crippen LogP contribution in [0.1, 0.15) is 36.7 Å². The lowest BCUT2D eigenvalue weighted by molar-refractivity contribution is -0.169. The van der Waals surface area contributed by atoms with Crippen LogP contribution in [-0.4, -0.2) is 75.1 Å². The van der Waals surface area contributed by atoms with E-state index < -0.39 is 11.8 Å². The first-order valence-electron chi connectivity index (χ1n) is 12.9. The average molecular weight is 529 g/mol. The monoisotopic (exact) mass is 528 g/mol. The third-order valence-corrected chi connectivity index (χ3v) is 5.85. The summed E-state index contributed by atoms with van der Waals surface area (Å²) in [5.74, 6) is -0.921. The summed E-state index contributed by atoms with van der Waals surface area (Å²) in [4.78, 5) is 20.8. The number of nitrogens with zero attached hydrogens (tertiary/aromatic N) is 2. The molecule has 1 aliphatic heterocycles. The second-order valence-corrected chi connectivity index (χ2v) is 8.56. The molecule has 204 valence electrons. The summed E-state index contributed by atoms with van der Waals surface area (Å²) >= 11 is 0. The number of carbonyl (C=O) groups excluding carboxylic acids is 1. The van der Waals surface area contributed by atoms with Crippen LogP contribution in [0.25, 0.3) is 22.0 Å². The van der Waals surface area contributed by atoms with Crippen molar-refractivity contribution in [3.63, 3.8) is 0 Å². The number of carbonyl (C=O) groups is 1. The Morgan fingerprint density at radius 2 is 1.84 bits per heavy atom. The van der Waals surface area contributed by atoms with Crippen molar-refractivity contribution in [3.8, 4) is 16.9 Å². The number of aromatic nitrogens is 2. The van der Waals surface area contributed by atoms with Gasteiger partial charge in [0.2, 0.25) is 0 Å². The highest BCUT2D eigenvalue weighted by atomic mass is 19.1. The van der Waals surface area contributed by atoms with E-state index in [1.54, 1.807) is 43.6 Å². The van der Waals surface area contributed by atoms with Gasteiger partial charge < -0.3 is 28.4 Å². The largest absolute Gasteiger partial charge is 0.488 e. The first-order chi connectivity index (χ1) is 18.7. The van der Waals surface area contributed by atoms with Crippen molar-refractivity contribution >= 4 is 16.9 Å². The molecule has 1 saturated heterocycles. The van der Waals surface area contributed by atoms with Gasteiger partial charge in [-0.05, 0) is 56.0 Å². The van der Waals surface area contributed by atoms with Gasteiger partial charge in [0.15, 0.2) is 17.9 Å². The van der Waals surface area contributed by atoms with E-state index in [4.69, 9.17) is 28.4 Å². The lowest BCUT2D eigenvalue weighted by atomic mass is 10.0. The first-order valence-corrected chi connectivity index (χ1v) is 12.9. The molecule has 0 N–H and O–H groups in total. The molecule has 3 aromatic rings. The van der Waals surface area contributed by atoms with E-state index in [2.05, 4.69) is 9.97 Å². The van der Waals surface area contributed by atoms with Crippen LogP contribution in [0.4, 0.5) is 4.39 Å². The summed E-state index contributed by atoms with van der Waals surface area (Å²) in [6.45, 7) is 5.02. The van der Waals surface area contributed by atoms with E-state index in [0.717, 1.165) is 31.3 Å². The molecule has 3 heterocycles. The van der Waals surface area contributed by atoms with Crippen LogP contribution in [0.3, 0.4) is 0 Å². The number of benzene rings is 1. The van der Waals surface area contributed by atoms with Gasteiger partial charge in [-0.2, -0.15) is 0 Å². The molecule has 1 atom stereocenters. The molecule has 0 saturated carbocycles. The summed E-state index contributed by atoms with van der Waals surface area (Å²) in [5.41, 5.74) is 1.87. The fourth-order valence-electron chi connectivity index (χ4n) is 3.97. The Bertz CT molecular complexity index is 1190. The lowest BCUT2D eigenvalue weighted by Crippen LogP contribution is -2.24. The average Bonchev–Trinajstić information content (AvgIpc) is 2.95. The number of hydrogen-bond donors (Lipinski definition) is 0. The van der Waals surface area contributed by atoms with Gasteiger partial charge in [-0.15, -0.1) is 0 Å². The van der Waals surface area contributed by atoms with Crippen molar-refractivity contribution in [2.45, 2.75) is 32.5 Å². The molecule has 38 heavy (non-hydrogen) atoms. The highest BCUT2D eigenvalue weighted by Crippen LogP contribution is 2.30. The van der Waals surface area contributed by atoms with Crippen molar-refractivity contribution in [1.82, 2.24) is 9.97 Å². The van der Waals surface area contributed by atoms with Crippen LogP contribution in [-0.2, 0) is 23.7 Å². The maximum Gasteiger partial charge on any atom is 0.356 e. The molecule has 1 aliphatic rings. The minimum absolute atomic E-state index is 0.111. The van der Waals surface area contributed by atoms with Crippen molar-refractivity contribution < 1.29 is 37.6 Å². The molecule has 0 amide bonds. The van der Waals surface area contributed by atoms with E-state index in [0.29, 0.717) is 49.7 Å². The zero-order valence-electron chi connectivity index (χ0n) is 21.5. The van der Waals surface area contributed by atoms with E-state index in [9.17, 15) is 9.18 Å².